The molecule has 5 heteroatoms. The molecule has 0 fully saturated rings. The van der Waals surface area contributed by atoms with Crippen molar-refractivity contribution < 1.29 is 9.53 Å². The zero-order chi connectivity index (χ0) is 8.91. The standard InChI is InChI=1S/C6H9I3O2/c1-11-5(10)6(2-7,3-8)4-9/h2-4H2,1H3. The molecule has 66 valence electrons. The molecular weight excluding hydrogens is 485 g/mol. The van der Waals surface area contributed by atoms with Gasteiger partial charge in [0.05, 0.1) is 12.5 Å². The van der Waals surface area contributed by atoms with E-state index in [1.54, 1.807) is 0 Å². The maximum atomic E-state index is 11.3. The first kappa shape index (κ1) is 12.7. The lowest BCUT2D eigenvalue weighted by molar-refractivity contribution is -0.148. The molecule has 11 heavy (non-hydrogen) atoms. The first-order chi connectivity index (χ1) is 5.16. The highest BCUT2D eigenvalue weighted by atomic mass is 127. The Morgan fingerprint density at radius 1 is 1.27 bits per heavy atom. The van der Waals surface area contributed by atoms with Crippen LogP contribution in [0, 0.1) is 5.41 Å². The smallest absolute Gasteiger partial charge is 0.314 e. The number of alkyl halides is 3. The van der Waals surface area contributed by atoms with Crippen molar-refractivity contribution in [3.05, 3.63) is 0 Å². The van der Waals surface area contributed by atoms with Crippen LogP contribution in [0.3, 0.4) is 0 Å². The van der Waals surface area contributed by atoms with E-state index in [2.05, 4.69) is 67.8 Å². The molecule has 0 unspecified atom stereocenters. The molecule has 0 spiro atoms. The first-order valence-electron chi connectivity index (χ1n) is 2.93. The van der Waals surface area contributed by atoms with Gasteiger partial charge in [-0.25, -0.2) is 0 Å². The van der Waals surface area contributed by atoms with Gasteiger partial charge in [0.1, 0.15) is 0 Å². The van der Waals surface area contributed by atoms with E-state index < -0.39 is 0 Å². The lowest BCUT2D eigenvalue weighted by Gasteiger charge is -2.23. The van der Waals surface area contributed by atoms with Crippen LogP contribution >= 0.6 is 67.8 Å². The summed E-state index contributed by atoms with van der Waals surface area (Å²) in [4.78, 5) is 11.3. The largest absolute Gasteiger partial charge is 0.469 e. The van der Waals surface area contributed by atoms with Gasteiger partial charge < -0.3 is 4.74 Å². The van der Waals surface area contributed by atoms with Gasteiger partial charge in [-0.3, -0.25) is 4.79 Å². The molecule has 0 aromatic heterocycles. The normalized spacial score (nSPS) is 11.3. The second-order valence-corrected chi connectivity index (χ2v) is 4.46. The van der Waals surface area contributed by atoms with Crippen molar-refractivity contribution in [3.63, 3.8) is 0 Å². The SMILES string of the molecule is COC(=O)C(CI)(CI)CI. The van der Waals surface area contributed by atoms with Crippen molar-refractivity contribution in [1.29, 1.82) is 0 Å². The monoisotopic (exact) mass is 494 g/mol. The van der Waals surface area contributed by atoms with Gasteiger partial charge in [-0.1, -0.05) is 67.8 Å². The van der Waals surface area contributed by atoms with Crippen LogP contribution in [-0.4, -0.2) is 26.4 Å². The first-order valence-corrected chi connectivity index (χ1v) is 7.51. The average molecular weight is 494 g/mol. The van der Waals surface area contributed by atoms with Gasteiger partial charge in [-0.05, 0) is 0 Å². The molecule has 0 radical (unpaired) electrons. The van der Waals surface area contributed by atoms with Gasteiger partial charge >= 0.3 is 5.97 Å². The maximum Gasteiger partial charge on any atom is 0.314 e. The molecule has 0 rings (SSSR count). The number of rotatable bonds is 4. The number of methoxy groups -OCH3 is 1. The highest BCUT2D eigenvalue weighted by Crippen LogP contribution is 2.27. The number of hydrogen-bond donors (Lipinski definition) is 0. The van der Waals surface area contributed by atoms with Crippen LogP contribution in [0.1, 0.15) is 0 Å². The van der Waals surface area contributed by atoms with Gasteiger partial charge in [0.25, 0.3) is 0 Å². The zero-order valence-corrected chi connectivity index (χ0v) is 12.5. The number of hydrogen-bond acceptors (Lipinski definition) is 2. The molecule has 0 aliphatic carbocycles. The fraction of sp³-hybridized carbons (Fsp3) is 0.833. The van der Waals surface area contributed by atoms with Gasteiger partial charge in [-0.2, -0.15) is 0 Å². The van der Waals surface area contributed by atoms with Crippen LogP contribution in [0.25, 0.3) is 0 Å². The molecule has 0 amide bonds. The van der Waals surface area contributed by atoms with Gasteiger partial charge in [0.2, 0.25) is 0 Å². The Morgan fingerprint density at radius 2 is 1.64 bits per heavy atom. The molecule has 0 aromatic rings. The number of ether oxygens (including phenoxy) is 1. The lowest BCUT2D eigenvalue weighted by Crippen LogP contribution is -2.37. The predicted molar refractivity (Wildman–Crippen MR) is 71.1 cm³/mol. The van der Waals surface area contributed by atoms with Crippen molar-refractivity contribution in [2.45, 2.75) is 0 Å². The molecule has 0 N–H and O–H groups in total. The van der Waals surface area contributed by atoms with Crippen LogP contribution in [0.15, 0.2) is 0 Å². The second-order valence-electron chi connectivity index (χ2n) is 2.17. The van der Waals surface area contributed by atoms with Crippen molar-refractivity contribution in [2.24, 2.45) is 5.41 Å². The van der Waals surface area contributed by atoms with Crippen LogP contribution < -0.4 is 0 Å². The van der Waals surface area contributed by atoms with E-state index in [0.29, 0.717) is 0 Å². The molecule has 0 bridgehead atoms. The van der Waals surface area contributed by atoms with Crippen LogP contribution in [-0.2, 0) is 9.53 Å². The Labute approximate surface area is 108 Å². The van der Waals surface area contributed by atoms with E-state index in [1.165, 1.54) is 7.11 Å². The van der Waals surface area contributed by atoms with E-state index in [-0.39, 0.29) is 11.4 Å². The van der Waals surface area contributed by atoms with Crippen LogP contribution in [0.4, 0.5) is 0 Å². The van der Waals surface area contributed by atoms with Crippen molar-refractivity contribution in [1.82, 2.24) is 0 Å². The minimum atomic E-state index is -0.267. The third-order valence-electron chi connectivity index (χ3n) is 1.39. The third kappa shape index (κ3) is 3.12. The van der Waals surface area contributed by atoms with E-state index in [4.69, 9.17) is 4.74 Å². The molecule has 0 saturated heterocycles. The number of carbonyl (C=O) groups is 1. The van der Waals surface area contributed by atoms with Crippen molar-refractivity contribution in [3.8, 4) is 0 Å². The summed E-state index contributed by atoms with van der Waals surface area (Å²) in [7, 11) is 1.45. The maximum absolute atomic E-state index is 11.3. The van der Waals surface area contributed by atoms with Crippen LogP contribution in [0.2, 0.25) is 0 Å². The molecule has 0 aromatic carbocycles. The van der Waals surface area contributed by atoms with Crippen LogP contribution in [0.5, 0.6) is 0 Å². The minimum Gasteiger partial charge on any atom is -0.469 e. The van der Waals surface area contributed by atoms with E-state index in [0.717, 1.165) is 13.3 Å². The molecule has 0 saturated carbocycles. The van der Waals surface area contributed by atoms with E-state index >= 15 is 0 Å². The van der Waals surface area contributed by atoms with Gasteiger partial charge in [-0.15, -0.1) is 0 Å². The lowest BCUT2D eigenvalue weighted by atomic mass is 9.97. The van der Waals surface area contributed by atoms with Crippen molar-refractivity contribution >= 4 is 73.7 Å². The Bertz CT molecular complexity index is 126. The number of halogens is 3. The average Bonchev–Trinajstić information content (AvgIpc) is 2.08. The van der Waals surface area contributed by atoms with Gasteiger partial charge in [0, 0.05) is 13.3 Å². The summed E-state index contributed by atoms with van der Waals surface area (Å²) >= 11 is 6.69. The van der Waals surface area contributed by atoms with E-state index in [9.17, 15) is 4.79 Å². The summed E-state index contributed by atoms with van der Waals surface area (Å²) in [6.45, 7) is 0. The predicted octanol–water partition coefficient (Wildman–Crippen LogP) is 2.45. The van der Waals surface area contributed by atoms with E-state index in [1.807, 2.05) is 0 Å². The Hall–Kier alpha value is 1.66. The summed E-state index contributed by atoms with van der Waals surface area (Å²) in [6, 6.07) is 0. The molecular formula is C6H9I3O2. The summed E-state index contributed by atoms with van der Waals surface area (Å²) < 4.78 is 7.20. The summed E-state index contributed by atoms with van der Waals surface area (Å²) in [6.07, 6.45) is 0. The molecule has 0 atom stereocenters. The molecule has 2 nitrogen and oxygen atoms in total. The topological polar surface area (TPSA) is 26.3 Å². The number of esters is 1. The Kier molecular flexibility index (Phi) is 7.10. The Morgan fingerprint density at radius 3 is 1.73 bits per heavy atom. The highest BCUT2D eigenvalue weighted by Gasteiger charge is 2.36. The minimum absolute atomic E-state index is 0.0873. The van der Waals surface area contributed by atoms with Crippen molar-refractivity contribution in [2.75, 3.05) is 20.4 Å². The fourth-order valence-electron chi connectivity index (χ4n) is 0.487. The summed E-state index contributed by atoms with van der Waals surface area (Å²) in [5.74, 6) is -0.0873. The molecule has 0 aliphatic heterocycles. The quantitative estimate of drug-likeness (QED) is 0.342. The molecule has 0 heterocycles. The fourth-order valence-corrected chi connectivity index (χ4v) is 6.14. The summed E-state index contributed by atoms with van der Waals surface area (Å²) in [5.41, 5.74) is -0.267. The second kappa shape index (κ2) is 6.17. The Balaban J connectivity index is 4.39. The van der Waals surface area contributed by atoms with Gasteiger partial charge in [0.15, 0.2) is 0 Å². The number of carbonyl (C=O) groups excluding carboxylic acids is 1. The summed E-state index contributed by atoms with van der Waals surface area (Å²) in [5, 5.41) is 0. The highest BCUT2D eigenvalue weighted by molar-refractivity contribution is 14.1. The third-order valence-corrected chi connectivity index (χ3v) is 5.77. The molecule has 0 aliphatic rings. The zero-order valence-electron chi connectivity index (χ0n) is 6.07.